The molecular formula is C27H27N5O2. The van der Waals surface area contributed by atoms with Crippen LogP contribution < -0.4 is 15.8 Å². The molecule has 1 N–H and O–H groups in total. The van der Waals surface area contributed by atoms with Crippen molar-refractivity contribution in [2.75, 3.05) is 18.0 Å². The average Bonchev–Trinajstić information content (AvgIpc) is 2.89. The molecule has 0 radical (unpaired) electrons. The number of hydrogen-bond donors (Lipinski definition) is 1. The second-order valence-electron chi connectivity index (χ2n) is 8.82. The number of anilines is 1. The van der Waals surface area contributed by atoms with Crippen LogP contribution in [0, 0.1) is 5.92 Å². The van der Waals surface area contributed by atoms with Crippen LogP contribution >= 0.6 is 0 Å². The molecule has 0 aliphatic carbocycles. The predicted molar refractivity (Wildman–Crippen MR) is 133 cm³/mol. The van der Waals surface area contributed by atoms with Gasteiger partial charge < -0.3 is 10.2 Å². The largest absolute Gasteiger partial charge is 0.357 e. The summed E-state index contributed by atoms with van der Waals surface area (Å²) in [6, 6.07) is 20.2. The van der Waals surface area contributed by atoms with Crippen LogP contribution in [-0.2, 0) is 6.54 Å². The molecule has 2 aromatic carbocycles. The Morgan fingerprint density at radius 3 is 2.38 bits per heavy atom. The maximum Gasteiger partial charge on any atom is 0.279 e. The predicted octanol–water partition coefficient (Wildman–Crippen LogP) is 3.95. The van der Waals surface area contributed by atoms with Gasteiger partial charge in [-0.15, -0.1) is 0 Å². The van der Waals surface area contributed by atoms with Gasteiger partial charge >= 0.3 is 0 Å². The lowest BCUT2D eigenvalue weighted by atomic mass is 9.99. The fourth-order valence-electron chi connectivity index (χ4n) is 4.31. The lowest BCUT2D eigenvalue weighted by Crippen LogP contribution is -2.33. The number of pyridine rings is 1. The highest BCUT2D eigenvalue weighted by molar-refractivity contribution is 6.04. The van der Waals surface area contributed by atoms with Crippen molar-refractivity contribution in [3.63, 3.8) is 0 Å². The number of rotatable bonds is 5. The fraction of sp³-hybridized carbons (Fsp3) is 0.259. The van der Waals surface area contributed by atoms with E-state index in [1.54, 1.807) is 36.4 Å². The summed E-state index contributed by atoms with van der Waals surface area (Å²) in [4.78, 5) is 33.1. The first-order valence-electron chi connectivity index (χ1n) is 11.7. The van der Waals surface area contributed by atoms with E-state index in [0.717, 1.165) is 30.4 Å². The molecule has 0 bridgehead atoms. The van der Waals surface area contributed by atoms with Crippen molar-refractivity contribution < 1.29 is 4.79 Å². The zero-order chi connectivity index (χ0) is 23.5. The number of nitrogens with zero attached hydrogens (tertiary/aromatic N) is 4. The molecule has 0 unspecified atom stereocenters. The lowest BCUT2D eigenvalue weighted by Gasteiger charge is -2.31. The third-order valence-electron chi connectivity index (χ3n) is 6.39. The van der Waals surface area contributed by atoms with E-state index < -0.39 is 0 Å². The van der Waals surface area contributed by atoms with Gasteiger partial charge in [-0.05, 0) is 48.6 Å². The summed E-state index contributed by atoms with van der Waals surface area (Å²) in [5.74, 6) is 1.41. The van der Waals surface area contributed by atoms with Crippen molar-refractivity contribution in [1.29, 1.82) is 0 Å². The molecule has 7 nitrogen and oxygen atoms in total. The van der Waals surface area contributed by atoms with Gasteiger partial charge in [-0.3, -0.25) is 9.59 Å². The Balaban J connectivity index is 1.37. The minimum atomic E-state index is -0.338. The topological polar surface area (TPSA) is 80.1 Å². The highest BCUT2D eigenvalue weighted by Crippen LogP contribution is 2.21. The summed E-state index contributed by atoms with van der Waals surface area (Å²) in [5, 5.41) is 8.36. The standard InChI is InChI=1S/C27H27N5O2/c1-19-13-15-31(16-14-19)24-12-11-20(17-28-24)18-29-26(33)25-22-9-5-6-10-23(22)27(34)32(30-25)21-7-3-2-4-8-21/h2-12,17,19H,13-16,18H2,1H3,(H,29,33). The first-order chi connectivity index (χ1) is 16.6. The van der Waals surface area contributed by atoms with Gasteiger partial charge in [-0.25, -0.2) is 4.98 Å². The number of piperidine rings is 1. The minimum absolute atomic E-state index is 0.214. The maximum atomic E-state index is 13.2. The normalized spacial score (nSPS) is 14.3. The summed E-state index contributed by atoms with van der Waals surface area (Å²) in [5.41, 5.74) is 1.47. The van der Waals surface area contributed by atoms with Gasteiger partial charge in [0.2, 0.25) is 0 Å². The number of hydrogen-bond acceptors (Lipinski definition) is 5. The molecule has 3 heterocycles. The number of benzene rings is 2. The fourth-order valence-corrected chi connectivity index (χ4v) is 4.31. The molecule has 172 valence electrons. The van der Waals surface area contributed by atoms with E-state index in [1.807, 2.05) is 36.5 Å². The third-order valence-corrected chi connectivity index (χ3v) is 6.39. The molecule has 1 saturated heterocycles. The second-order valence-corrected chi connectivity index (χ2v) is 8.82. The molecule has 1 amide bonds. The Morgan fingerprint density at radius 1 is 0.971 bits per heavy atom. The van der Waals surface area contributed by atoms with Gasteiger partial charge in [0.05, 0.1) is 11.1 Å². The van der Waals surface area contributed by atoms with E-state index in [2.05, 4.69) is 27.2 Å². The van der Waals surface area contributed by atoms with Crippen molar-refractivity contribution in [3.8, 4) is 5.69 Å². The highest BCUT2D eigenvalue weighted by Gasteiger charge is 2.18. The molecule has 2 aromatic heterocycles. The molecular weight excluding hydrogens is 426 g/mol. The first-order valence-corrected chi connectivity index (χ1v) is 11.7. The number of carbonyl (C=O) groups excluding carboxylic acids is 1. The monoisotopic (exact) mass is 453 g/mol. The van der Waals surface area contributed by atoms with Crippen LogP contribution in [0.5, 0.6) is 0 Å². The van der Waals surface area contributed by atoms with Crippen molar-refractivity contribution in [2.24, 2.45) is 5.92 Å². The van der Waals surface area contributed by atoms with Crippen LogP contribution in [0.1, 0.15) is 35.8 Å². The average molecular weight is 454 g/mol. The van der Waals surface area contributed by atoms with Gasteiger partial charge in [-0.2, -0.15) is 9.78 Å². The maximum absolute atomic E-state index is 13.2. The Morgan fingerprint density at radius 2 is 1.68 bits per heavy atom. The van der Waals surface area contributed by atoms with E-state index in [4.69, 9.17) is 0 Å². The van der Waals surface area contributed by atoms with E-state index in [-0.39, 0.29) is 17.2 Å². The van der Waals surface area contributed by atoms with Crippen LogP contribution in [0.4, 0.5) is 5.82 Å². The minimum Gasteiger partial charge on any atom is -0.357 e. The van der Waals surface area contributed by atoms with Crippen LogP contribution in [0.25, 0.3) is 16.5 Å². The molecule has 4 aromatic rings. The summed E-state index contributed by atoms with van der Waals surface area (Å²) in [6.07, 6.45) is 4.18. The summed E-state index contributed by atoms with van der Waals surface area (Å²) < 4.78 is 1.28. The Hall–Kier alpha value is -4.00. The number of amides is 1. The summed E-state index contributed by atoms with van der Waals surface area (Å²) >= 11 is 0. The number of para-hydroxylation sites is 1. The van der Waals surface area contributed by atoms with Crippen molar-refractivity contribution >= 4 is 22.5 Å². The third kappa shape index (κ3) is 4.41. The first kappa shape index (κ1) is 21.8. The molecule has 1 aliphatic rings. The van der Waals surface area contributed by atoms with Crippen LogP contribution in [-0.4, -0.2) is 33.8 Å². The number of carbonyl (C=O) groups is 1. The Kier molecular flexibility index (Phi) is 6.08. The molecule has 7 heteroatoms. The number of aromatic nitrogens is 3. The van der Waals surface area contributed by atoms with E-state index in [1.165, 1.54) is 17.5 Å². The summed E-state index contributed by atoms with van der Waals surface area (Å²) in [6.45, 7) is 4.67. The highest BCUT2D eigenvalue weighted by atomic mass is 16.2. The quantitative estimate of drug-likeness (QED) is 0.495. The molecule has 0 spiro atoms. The SMILES string of the molecule is CC1CCN(c2ccc(CNC(=O)c3nn(-c4ccccc4)c(=O)c4ccccc34)cn2)CC1. The van der Waals surface area contributed by atoms with Crippen LogP contribution in [0.15, 0.2) is 77.7 Å². The van der Waals surface area contributed by atoms with E-state index >= 15 is 0 Å². The van der Waals surface area contributed by atoms with E-state index in [0.29, 0.717) is 23.0 Å². The van der Waals surface area contributed by atoms with Gasteiger partial charge in [0.25, 0.3) is 11.5 Å². The Bertz CT molecular complexity index is 1360. The van der Waals surface area contributed by atoms with Crippen LogP contribution in [0.3, 0.4) is 0 Å². The lowest BCUT2D eigenvalue weighted by molar-refractivity contribution is 0.0946. The van der Waals surface area contributed by atoms with Crippen molar-refractivity contribution in [3.05, 3.63) is 94.5 Å². The second kappa shape index (κ2) is 9.47. The van der Waals surface area contributed by atoms with Gasteiger partial charge in [-0.1, -0.05) is 49.4 Å². The van der Waals surface area contributed by atoms with Crippen LogP contribution in [0.2, 0.25) is 0 Å². The van der Waals surface area contributed by atoms with E-state index in [9.17, 15) is 9.59 Å². The molecule has 34 heavy (non-hydrogen) atoms. The summed E-state index contributed by atoms with van der Waals surface area (Å²) in [7, 11) is 0. The van der Waals surface area contributed by atoms with Crippen molar-refractivity contribution in [1.82, 2.24) is 20.1 Å². The molecule has 1 aliphatic heterocycles. The van der Waals surface area contributed by atoms with Gasteiger partial charge in [0, 0.05) is 31.2 Å². The van der Waals surface area contributed by atoms with Crippen molar-refractivity contribution in [2.45, 2.75) is 26.3 Å². The molecule has 0 saturated carbocycles. The number of fused-ring (bicyclic) bond motifs is 1. The molecule has 5 rings (SSSR count). The number of nitrogens with one attached hydrogen (secondary N) is 1. The zero-order valence-electron chi connectivity index (χ0n) is 19.1. The smallest absolute Gasteiger partial charge is 0.279 e. The Labute approximate surface area is 198 Å². The molecule has 1 fully saturated rings. The van der Waals surface area contributed by atoms with Gasteiger partial charge in [0.1, 0.15) is 5.82 Å². The van der Waals surface area contributed by atoms with Gasteiger partial charge in [0.15, 0.2) is 5.69 Å². The molecule has 0 atom stereocenters. The zero-order valence-corrected chi connectivity index (χ0v) is 19.1.